The van der Waals surface area contributed by atoms with E-state index in [2.05, 4.69) is 6.07 Å². The van der Waals surface area contributed by atoms with E-state index in [1.165, 1.54) is 5.56 Å². The van der Waals surface area contributed by atoms with Gasteiger partial charge in [-0.3, -0.25) is 4.90 Å². The van der Waals surface area contributed by atoms with Crippen LogP contribution in [0, 0.1) is 13.8 Å². The van der Waals surface area contributed by atoms with Gasteiger partial charge in [0.15, 0.2) is 0 Å². The molecule has 2 nitrogen and oxygen atoms in total. The smallest absolute Gasteiger partial charge is 0.371 e. The third kappa shape index (κ3) is 4.21. The molecule has 0 bridgehead atoms. The van der Waals surface area contributed by atoms with Crippen molar-refractivity contribution in [2.24, 2.45) is 0 Å². The Morgan fingerprint density at radius 1 is 1.30 bits per heavy atom. The van der Waals surface area contributed by atoms with Crippen LogP contribution in [0.4, 0.5) is 13.2 Å². The van der Waals surface area contributed by atoms with Gasteiger partial charge in [0, 0.05) is 19.6 Å². The molecular weight excluding hydrogens is 267 g/mol. The third-order valence-corrected chi connectivity index (χ3v) is 3.63. The number of aryl methyl sites for hydroxylation is 2. The lowest BCUT2D eigenvalue weighted by atomic mass is 10.00. The highest BCUT2D eigenvalue weighted by molar-refractivity contribution is 5.32. The second-order valence-electron chi connectivity index (χ2n) is 5.39. The Kier molecular flexibility index (Phi) is 4.70. The number of nitrogens with zero attached hydrogens (tertiary/aromatic N) is 1. The van der Waals surface area contributed by atoms with Gasteiger partial charge in [-0.2, -0.15) is 13.2 Å². The first-order chi connectivity index (χ1) is 9.35. The molecule has 112 valence electrons. The molecule has 2 rings (SSSR count). The van der Waals surface area contributed by atoms with Crippen molar-refractivity contribution in [3.63, 3.8) is 0 Å². The summed E-state index contributed by atoms with van der Waals surface area (Å²) >= 11 is 0. The first-order valence-electron chi connectivity index (χ1n) is 6.83. The average Bonchev–Trinajstić information content (AvgIpc) is 2.36. The monoisotopic (exact) mass is 287 g/mol. The topological polar surface area (TPSA) is 12.5 Å². The van der Waals surface area contributed by atoms with Gasteiger partial charge in [0.25, 0.3) is 0 Å². The maximum absolute atomic E-state index is 12.3. The van der Waals surface area contributed by atoms with E-state index >= 15 is 0 Å². The normalized spacial score (nSPS) is 21.1. The summed E-state index contributed by atoms with van der Waals surface area (Å²) in [7, 11) is 0. The molecule has 1 aromatic carbocycles. The van der Waals surface area contributed by atoms with Gasteiger partial charge in [-0.05, 0) is 25.0 Å². The minimum atomic E-state index is -4.09. The van der Waals surface area contributed by atoms with Gasteiger partial charge >= 0.3 is 6.18 Å². The van der Waals surface area contributed by atoms with Crippen molar-refractivity contribution < 1.29 is 17.9 Å². The molecule has 20 heavy (non-hydrogen) atoms. The van der Waals surface area contributed by atoms with Crippen LogP contribution in [0.3, 0.4) is 0 Å². The fourth-order valence-electron chi connectivity index (χ4n) is 2.57. The number of ether oxygens (including phenoxy) is 1. The molecular formula is C15H20F3NO. The van der Waals surface area contributed by atoms with Crippen LogP contribution in [0.2, 0.25) is 0 Å². The van der Waals surface area contributed by atoms with Crippen molar-refractivity contribution in [2.75, 3.05) is 26.2 Å². The molecule has 0 aromatic heterocycles. The maximum atomic E-state index is 12.3. The average molecular weight is 287 g/mol. The van der Waals surface area contributed by atoms with Crippen molar-refractivity contribution >= 4 is 0 Å². The zero-order chi connectivity index (χ0) is 14.8. The van der Waals surface area contributed by atoms with Crippen LogP contribution in [0.1, 0.15) is 29.2 Å². The molecule has 0 spiro atoms. The Balaban J connectivity index is 1.99. The molecule has 5 heteroatoms. The Labute approximate surface area is 117 Å². The molecule has 1 saturated heterocycles. The lowest BCUT2D eigenvalue weighted by molar-refractivity contribution is -0.142. The van der Waals surface area contributed by atoms with Crippen LogP contribution in [-0.4, -0.2) is 37.3 Å². The van der Waals surface area contributed by atoms with Gasteiger partial charge in [0.2, 0.25) is 0 Å². The van der Waals surface area contributed by atoms with Gasteiger partial charge < -0.3 is 4.74 Å². The van der Waals surface area contributed by atoms with E-state index in [0.29, 0.717) is 19.7 Å². The summed E-state index contributed by atoms with van der Waals surface area (Å²) in [6.45, 7) is 5.66. The molecule has 1 heterocycles. The van der Waals surface area contributed by atoms with E-state index in [0.717, 1.165) is 11.1 Å². The summed E-state index contributed by atoms with van der Waals surface area (Å²) in [6, 6.07) is 6.11. The highest BCUT2D eigenvalue weighted by Crippen LogP contribution is 2.27. The van der Waals surface area contributed by atoms with Gasteiger partial charge in [-0.1, -0.05) is 23.8 Å². The predicted molar refractivity (Wildman–Crippen MR) is 71.7 cm³/mol. The molecule has 0 saturated carbocycles. The van der Waals surface area contributed by atoms with Crippen molar-refractivity contribution in [3.05, 3.63) is 34.9 Å². The molecule has 0 amide bonds. The lowest BCUT2D eigenvalue weighted by Crippen LogP contribution is -2.40. The van der Waals surface area contributed by atoms with Crippen molar-refractivity contribution in [2.45, 2.75) is 32.5 Å². The molecule has 1 fully saturated rings. The molecule has 0 N–H and O–H groups in total. The fourth-order valence-corrected chi connectivity index (χ4v) is 2.57. The van der Waals surface area contributed by atoms with Crippen LogP contribution < -0.4 is 0 Å². The van der Waals surface area contributed by atoms with Crippen LogP contribution in [0.5, 0.6) is 0 Å². The van der Waals surface area contributed by atoms with E-state index in [1.54, 1.807) is 0 Å². The summed E-state index contributed by atoms with van der Waals surface area (Å²) < 4.78 is 42.6. The first-order valence-corrected chi connectivity index (χ1v) is 6.83. The van der Waals surface area contributed by atoms with Gasteiger partial charge in [0.1, 0.15) is 0 Å². The molecule has 1 aliphatic heterocycles. The number of benzene rings is 1. The molecule has 0 radical (unpaired) electrons. The SMILES string of the molecule is Cc1ccc([C@@H]2CN(CCC(F)(F)F)CCO2)c(C)c1. The third-order valence-electron chi connectivity index (χ3n) is 3.63. The number of alkyl halides is 3. The fraction of sp³-hybridized carbons (Fsp3) is 0.600. The molecule has 1 atom stereocenters. The predicted octanol–water partition coefficient (Wildman–Crippen LogP) is 3.63. The number of hydrogen-bond donors (Lipinski definition) is 0. The summed E-state index contributed by atoms with van der Waals surface area (Å²) in [5.41, 5.74) is 3.39. The Hall–Kier alpha value is -1.07. The van der Waals surface area contributed by atoms with E-state index in [1.807, 2.05) is 30.9 Å². The number of rotatable bonds is 3. The van der Waals surface area contributed by atoms with E-state index in [9.17, 15) is 13.2 Å². The molecule has 0 unspecified atom stereocenters. The van der Waals surface area contributed by atoms with Crippen LogP contribution in [-0.2, 0) is 4.74 Å². The minimum absolute atomic E-state index is 0.0499. The van der Waals surface area contributed by atoms with Crippen LogP contribution in [0.25, 0.3) is 0 Å². The highest BCUT2D eigenvalue weighted by atomic mass is 19.4. The second kappa shape index (κ2) is 6.14. The summed E-state index contributed by atoms with van der Waals surface area (Å²) in [4.78, 5) is 1.83. The minimum Gasteiger partial charge on any atom is -0.371 e. The highest BCUT2D eigenvalue weighted by Gasteiger charge is 2.30. The van der Waals surface area contributed by atoms with Gasteiger partial charge in [-0.15, -0.1) is 0 Å². The Morgan fingerprint density at radius 3 is 2.70 bits per heavy atom. The van der Waals surface area contributed by atoms with Crippen molar-refractivity contribution in [3.8, 4) is 0 Å². The largest absolute Gasteiger partial charge is 0.390 e. The van der Waals surface area contributed by atoms with Crippen molar-refractivity contribution in [1.82, 2.24) is 4.90 Å². The van der Waals surface area contributed by atoms with Crippen LogP contribution >= 0.6 is 0 Å². The zero-order valence-electron chi connectivity index (χ0n) is 11.8. The lowest BCUT2D eigenvalue weighted by Gasteiger charge is -2.34. The molecule has 1 aliphatic rings. The molecule has 1 aromatic rings. The summed E-state index contributed by atoms with van der Waals surface area (Å²) in [5.74, 6) is 0. The number of halogens is 3. The first kappa shape index (κ1) is 15.3. The van der Waals surface area contributed by atoms with E-state index in [4.69, 9.17) is 4.74 Å². The van der Waals surface area contributed by atoms with E-state index in [-0.39, 0.29) is 12.6 Å². The Bertz CT molecular complexity index is 459. The van der Waals surface area contributed by atoms with Gasteiger partial charge in [-0.25, -0.2) is 0 Å². The number of morpholine rings is 1. The standard InChI is InChI=1S/C15H20F3NO/c1-11-3-4-13(12(2)9-11)14-10-19(7-8-20-14)6-5-15(16,17)18/h3-4,9,14H,5-8,10H2,1-2H3/t14-/m0/s1. The Morgan fingerprint density at radius 2 is 2.05 bits per heavy atom. The summed E-state index contributed by atoms with van der Waals surface area (Å²) in [6.07, 6.45) is -4.97. The quantitative estimate of drug-likeness (QED) is 0.841. The van der Waals surface area contributed by atoms with Gasteiger partial charge in [0.05, 0.1) is 19.1 Å². The van der Waals surface area contributed by atoms with Crippen molar-refractivity contribution in [1.29, 1.82) is 0 Å². The van der Waals surface area contributed by atoms with E-state index < -0.39 is 12.6 Å². The second-order valence-corrected chi connectivity index (χ2v) is 5.39. The number of hydrogen-bond acceptors (Lipinski definition) is 2. The van der Waals surface area contributed by atoms with Crippen LogP contribution in [0.15, 0.2) is 18.2 Å². The summed E-state index contributed by atoms with van der Waals surface area (Å²) in [5, 5.41) is 0. The molecule has 0 aliphatic carbocycles. The maximum Gasteiger partial charge on any atom is 0.390 e. The zero-order valence-corrected chi connectivity index (χ0v) is 11.8.